The van der Waals surface area contributed by atoms with Gasteiger partial charge in [0.15, 0.2) is 0 Å². The minimum Gasteiger partial charge on any atom is -0.276 e. The van der Waals surface area contributed by atoms with Gasteiger partial charge in [-0.15, -0.1) is 4.91 Å². The van der Waals surface area contributed by atoms with Crippen molar-refractivity contribution in [2.45, 2.75) is 32.2 Å². The fourth-order valence-electron chi connectivity index (χ4n) is 0.953. The Bertz CT molecular complexity index is 188. The highest BCUT2D eigenvalue weighted by Gasteiger charge is 2.35. The van der Waals surface area contributed by atoms with Gasteiger partial charge in [-0.2, -0.15) is 5.53 Å². The van der Waals surface area contributed by atoms with E-state index in [1.54, 1.807) is 13.8 Å². The molecule has 2 N–H and O–H groups in total. The first kappa shape index (κ1) is 10.7. The highest BCUT2D eigenvalue weighted by Crippen LogP contribution is 2.16. The quantitative estimate of drug-likeness (QED) is 0.372. The molecule has 0 fully saturated rings. The van der Waals surface area contributed by atoms with Gasteiger partial charge >= 0.3 is 5.91 Å². The number of hydrogen-bond acceptors (Lipinski definition) is 4. The standard InChI is InChI=1S/C6H12N4O2/c1-3-6(4-2,9-10-7)5(11)8-12/h3-4H2,1-2H3,(H2,7,9). The molecule has 68 valence electrons. The number of nitrogens with zero attached hydrogens (tertiary/aromatic N) is 2. The number of nitrogens with one attached hydrogen (secondary N) is 2. The molecule has 0 aliphatic carbocycles. The third kappa shape index (κ3) is 1.84. The summed E-state index contributed by atoms with van der Waals surface area (Å²) in [6.45, 7) is 3.45. The van der Waals surface area contributed by atoms with E-state index >= 15 is 0 Å². The number of carbonyl (C=O) groups is 1. The minimum atomic E-state index is -1.08. The summed E-state index contributed by atoms with van der Waals surface area (Å²) in [5, 5.41) is 5.23. The third-order valence-electron chi connectivity index (χ3n) is 1.97. The smallest absolute Gasteiger partial charge is 0.276 e. The third-order valence-corrected chi connectivity index (χ3v) is 1.97. The molecule has 6 nitrogen and oxygen atoms in total. The Balaban J connectivity index is 4.66. The average Bonchev–Trinajstić information content (AvgIpc) is 2.13. The van der Waals surface area contributed by atoms with Crippen LogP contribution in [-0.4, -0.2) is 11.4 Å². The molecule has 0 unspecified atom stereocenters. The van der Waals surface area contributed by atoms with Crippen LogP contribution in [0.2, 0.25) is 0 Å². The van der Waals surface area contributed by atoms with Crippen molar-refractivity contribution in [1.82, 2.24) is 5.43 Å². The fraction of sp³-hybridized carbons (Fsp3) is 0.833. The van der Waals surface area contributed by atoms with Crippen LogP contribution < -0.4 is 5.43 Å². The van der Waals surface area contributed by atoms with Gasteiger partial charge in [-0.05, 0) is 12.8 Å². The Kier molecular flexibility index (Phi) is 4.03. The lowest BCUT2D eigenvalue weighted by atomic mass is 9.93. The van der Waals surface area contributed by atoms with E-state index in [1.165, 1.54) is 0 Å². The van der Waals surface area contributed by atoms with Gasteiger partial charge in [0.25, 0.3) is 0 Å². The summed E-state index contributed by atoms with van der Waals surface area (Å²) in [5.74, 6) is -0.802. The summed E-state index contributed by atoms with van der Waals surface area (Å²) in [6.07, 6.45) is 0.771. The zero-order valence-corrected chi connectivity index (χ0v) is 7.13. The summed E-state index contributed by atoms with van der Waals surface area (Å²) in [5.41, 5.74) is 7.77. The lowest BCUT2D eigenvalue weighted by Gasteiger charge is -2.24. The van der Waals surface area contributed by atoms with Gasteiger partial charge in [-0.3, -0.25) is 10.2 Å². The predicted octanol–water partition coefficient (Wildman–Crippen LogP) is 1.37. The first-order valence-electron chi connectivity index (χ1n) is 3.68. The largest absolute Gasteiger partial charge is 0.313 e. The average molecular weight is 172 g/mol. The first-order valence-corrected chi connectivity index (χ1v) is 3.68. The lowest BCUT2D eigenvalue weighted by molar-refractivity contribution is -0.124. The monoisotopic (exact) mass is 172 g/mol. The van der Waals surface area contributed by atoms with E-state index in [0.717, 1.165) is 0 Å². The normalized spacial score (nSPS) is 10.5. The Hall–Kier alpha value is -1.33. The maximum atomic E-state index is 11.0. The van der Waals surface area contributed by atoms with E-state index in [4.69, 9.17) is 5.53 Å². The highest BCUT2D eigenvalue weighted by molar-refractivity contribution is 5.86. The molecular weight excluding hydrogens is 160 g/mol. The number of amides is 1. The fourth-order valence-corrected chi connectivity index (χ4v) is 0.953. The van der Waals surface area contributed by atoms with Crippen molar-refractivity contribution in [2.24, 2.45) is 10.4 Å². The first-order chi connectivity index (χ1) is 5.66. The van der Waals surface area contributed by atoms with E-state index in [2.05, 4.69) is 15.8 Å². The molecule has 1 amide bonds. The lowest BCUT2D eigenvalue weighted by Crippen LogP contribution is -2.47. The highest BCUT2D eigenvalue weighted by atomic mass is 16.3. The molecular formula is C6H12N4O2. The van der Waals surface area contributed by atoms with Crippen LogP contribution in [0.3, 0.4) is 0 Å². The van der Waals surface area contributed by atoms with Crippen molar-refractivity contribution in [2.75, 3.05) is 0 Å². The molecule has 0 bridgehead atoms. The van der Waals surface area contributed by atoms with Crippen LogP contribution in [0.25, 0.3) is 0 Å². The van der Waals surface area contributed by atoms with Crippen molar-refractivity contribution in [1.29, 1.82) is 5.53 Å². The van der Waals surface area contributed by atoms with Gasteiger partial charge in [0.05, 0.1) is 0 Å². The van der Waals surface area contributed by atoms with Gasteiger partial charge in [0.1, 0.15) is 5.54 Å². The maximum Gasteiger partial charge on any atom is 0.313 e. The van der Waals surface area contributed by atoms with Crippen molar-refractivity contribution in [3.05, 3.63) is 4.91 Å². The van der Waals surface area contributed by atoms with Crippen molar-refractivity contribution < 1.29 is 4.79 Å². The molecule has 0 saturated carbocycles. The van der Waals surface area contributed by atoms with Gasteiger partial charge in [0, 0.05) is 5.18 Å². The van der Waals surface area contributed by atoms with Crippen molar-refractivity contribution in [3.8, 4) is 0 Å². The summed E-state index contributed by atoms with van der Waals surface area (Å²) in [6, 6.07) is 0. The zero-order chi connectivity index (χ0) is 9.61. The molecule has 0 heterocycles. The Morgan fingerprint density at radius 1 is 1.50 bits per heavy atom. The summed E-state index contributed by atoms with van der Waals surface area (Å²) < 4.78 is 0. The van der Waals surface area contributed by atoms with Crippen LogP contribution in [-0.2, 0) is 4.79 Å². The molecule has 0 aliphatic heterocycles. The predicted molar refractivity (Wildman–Crippen MR) is 42.4 cm³/mol. The summed E-state index contributed by atoms with van der Waals surface area (Å²) in [7, 11) is 0. The molecule has 0 radical (unpaired) electrons. The second kappa shape index (κ2) is 4.53. The topological polar surface area (TPSA) is 94.7 Å². The van der Waals surface area contributed by atoms with Crippen LogP contribution in [0.1, 0.15) is 26.7 Å². The summed E-state index contributed by atoms with van der Waals surface area (Å²) in [4.78, 5) is 21.0. The SMILES string of the molecule is CCC(CC)(NN=N)C(=O)N=O. The molecule has 0 aromatic rings. The molecule has 0 atom stereocenters. The molecule has 0 saturated heterocycles. The Labute approximate surface area is 70.2 Å². The number of hydrogen-bond donors (Lipinski definition) is 2. The van der Waals surface area contributed by atoms with Crippen molar-refractivity contribution in [3.63, 3.8) is 0 Å². The van der Waals surface area contributed by atoms with Crippen LogP contribution >= 0.6 is 0 Å². The van der Waals surface area contributed by atoms with E-state index in [1.807, 2.05) is 0 Å². The van der Waals surface area contributed by atoms with Gasteiger partial charge in [-0.25, -0.2) is 0 Å². The molecule has 0 aromatic carbocycles. The van der Waals surface area contributed by atoms with Gasteiger partial charge < -0.3 is 0 Å². The number of carbonyl (C=O) groups excluding carboxylic acids is 1. The molecule has 0 rings (SSSR count). The minimum absolute atomic E-state index is 0.385. The summed E-state index contributed by atoms with van der Waals surface area (Å²) >= 11 is 0. The van der Waals surface area contributed by atoms with E-state index in [-0.39, 0.29) is 0 Å². The molecule has 12 heavy (non-hydrogen) atoms. The zero-order valence-electron chi connectivity index (χ0n) is 7.13. The molecule has 0 aromatic heterocycles. The van der Waals surface area contributed by atoms with Crippen LogP contribution in [0, 0.1) is 10.4 Å². The number of nitroso groups, excluding NO2 is 1. The van der Waals surface area contributed by atoms with Gasteiger partial charge in [-0.1, -0.05) is 19.1 Å². The van der Waals surface area contributed by atoms with E-state index in [0.29, 0.717) is 12.8 Å². The van der Waals surface area contributed by atoms with Crippen LogP contribution in [0.5, 0.6) is 0 Å². The molecule has 0 aliphatic rings. The second-order valence-electron chi connectivity index (χ2n) is 2.41. The van der Waals surface area contributed by atoms with E-state index < -0.39 is 11.4 Å². The Morgan fingerprint density at radius 2 is 2.00 bits per heavy atom. The maximum absolute atomic E-state index is 11.0. The Morgan fingerprint density at radius 3 is 2.25 bits per heavy atom. The number of rotatable bonds is 5. The van der Waals surface area contributed by atoms with Crippen molar-refractivity contribution >= 4 is 5.91 Å². The van der Waals surface area contributed by atoms with Gasteiger partial charge in [0.2, 0.25) is 0 Å². The van der Waals surface area contributed by atoms with E-state index in [9.17, 15) is 9.70 Å². The molecule has 0 spiro atoms. The molecule has 6 heteroatoms. The second-order valence-corrected chi connectivity index (χ2v) is 2.41. The van der Waals surface area contributed by atoms with Crippen LogP contribution in [0.15, 0.2) is 10.4 Å². The van der Waals surface area contributed by atoms with Crippen LogP contribution in [0.4, 0.5) is 0 Å².